The number of nitrogens with one attached hydrogen (secondary N) is 1. The van der Waals surface area contributed by atoms with E-state index in [0.717, 1.165) is 5.82 Å². The SMILES string of the molecule is Cc1nccn1-c1ccc(Oc2ccc(NC(=O)c3cn(C)nn3)cc2)nn1. The summed E-state index contributed by atoms with van der Waals surface area (Å²) in [6.07, 6.45) is 5.06. The molecule has 0 spiro atoms. The molecule has 0 saturated heterocycles. The van der Waals surface area contributed by atoms with Crippen LogP contribution in [0.15, 0.2) is 55.0 Å². The molecule has 0 radical (unpaired) electrons. The highest BCUT2D eigenvalue weighted by Gasteiger charge is 2.10. The summed E-state index contributed by atoms with van der Waals surface area (Å²) in [4.78, 5) is 16.2. The van der Waals surface area contributed by atoms with Crippen LogP contribution in [-0.4, -0.2) is 40.6 Å². The van der Waals surface area contributed by atoms with Crippen molar-refractivity contribution in [1.82, 2.24) is 34.7 Å². The highest BCUT2D eigenvalue weighted by molar-refractivity contribution is 6.02. The van der Waals surface area contributed by atoms with Crippen molar-refractivity contribution in [2.75, 3.05) is 5.32 Å². The zero-order valence-electron chi connectivity index (χ0n) is 15.1. The molecule has 4 rings (SSSR count). The molecule has 140 valence electrons. The van der Waals surface area contributed by atoms with Crippen LogP contribution in [0.2, 0.25) is 0 Å². The summed E-state index contributed by atoms with van der Waals surface area (Å²) >= 11 is 0. The van der Waals surface area contributed by atoms with Crippen molar-refractivity contribution >= 4 is 11.6 Å². The third-order valence-corrected chi connectivity index (χ3v) is 3.87. The molecule has 4 aromatic rings. The van der Waals surface area contributed by atoms with Crippen LogP contribution in [0.1, 0.15) is 16.3 Å². The van der Waals surface area contributed by atoms with Crippen LogP contribution in [-0.2, 0) is 7.05 Å². The van der Waals surface area contributed by atoms with Gasteiger partial charge < -0.3 is 10.1 Å². The molecule has 10 heteroatoms. The molecule has 0 atom stereocenters. The Kier molecular flexibility index (Phi) is 4.50. The standard InChI is InChI=1S/C18H16N8O2/c1-12-19-9-10-26(12)16-7-8-17(23-22-16)28-14-5-3-13(4-6-14)20-18(27)15-11-25(2)24-21-15/h3-11H,1-2H3,(H,20,27). The summed E-state index contributed by atoms with van der Waals surface area (Å²) in [5.41, 5.74) is 0.853. The van der Waals surface area contributed by atoms with Crippen molar-refractivity contribution < 1.29 is 9.53 Å². The van der Waals surface area contributed by atoms with Gasteiger partial charge in [0.2, 0.25) is 5.88 Å². The Morgan fingerprint density at radius 1 is 1.07 bits per heavy atom. The van der Waals surface area contributed by atoms with Gasteiger partial charge in [0, 0.05) is 31.2 Å². The molecule has 3 heterocycles. The van der Waals surface area contributed by atoms with Crippen LogP contribution in [0, 0.1) is 6.92 Å². The Bertz CT molecular complexity index is 1100. The van der Waals surface area contributed by atoms with Crippen LogP contribution in [0.4, 0.5) is 5.69 Å². The predicted molar refractivity (Wildman–Crippen MR) is 99.4 cm³/mol. The smallest absolute Gasteiger partial charge is 0.277 e. The van der Waals surface area contributed by atoms with Gasteiger partial charge in [-0.15, -0.1) is 15.3 Å². The van der Waals surface area contributed by atoms with E-state index in [2.05, 4.69) is 30.8 Å². The van der Waals surface area contributed by atoms with E-state index in [1.807, 2.05) is 17.7 Å². The molecule has 0 unspecified atom stereocenters. The van der Waals surface area contributed by atoms with E-state index >= 15 is 0 Å². The normalized spacial score (nSPS) is 10.6. The van der Waals surface area contributed by atoms with E-state index in [1.54, 1.807) is 55.8 Å². The molecule has 0 aliphatic heterocycles. The molecular weight excluding hydrogens is 360 g/mol. The van der Waals surface area contributed by atoms with Gasteiger partial charge in [-0.2, -0.15) is 0 Å². The summed E-state index contributed by atoms with van der Waals surface area (Å²) in [6.45, 7) is 1.89. The van der Waals surface area contributed by atoms with Crippen molar-refractivity contribution in [1.29, 1.82) is 0 Å². The van der Waals surface area contributed by atoms with Crippen LogP contribution < -0.4 is 10.1 Å². The number of amides is 1. The third kappa shape index (κ3) is 3.70. The Hall–Kier alpha value is -4.08. The maximum Gasteiger partial charge on any atom is 0.277 e. The van der Waals surface area contributed by atoms with Crippen molar-refractivity contribution in [2.45, 2.75) is 6.92 Å². The van der Waals surface area contributed by atoms with Crippen LogP contribution >= 0.6 is 0 Å². The zero-order valence-corrected chi connectivity index (χ0v) is 15.1. The zero-order chi connectivity index (χ0) is 19.5. The van der Waals surface area contributed by atoms with Gasteiger partial charge in [0.15, 0.2) is 11.5 Å². The third-order valence-electron chi connectivity index (χ3n) is 3.87. The number of benzene rings is 1. The number of carbonyl (C=O) groups excluding carboxylic acids is 1. The molecular formula is C18H16N8O2. The monoisotopic (exact) mass is 376 g/mol. The second-order valence-corrected chi connectivity index (χ2v) is 5.93. The molecule has 3 aromatic heterocycles. The van der Waals surface area contributed by atoms with Gasteiger partial charge in [0.1, 0.15) is 11.6 Å². The number of ether oxygens (including phenoxy) is 1. The Labute approximate surface area is 159 Å². The lowest BCUT2D eigenvalue weighted by Gasteiger charge is -2.07. The van der Waals surface area contributed by atoms with E-state index in [1.165, 1.54) is 4.68 Å². The van der Waals surface area contributed by atoms with Crippen molar-refractivity contribution in [2.24, 2.45) is 7.05 Å². The van der Waals surface area contributed by atoms with E-state index < -0.39 is 0 Å². The lowest BCUT2D eigenvalue weighted by molar-refractivity contribution is 0.102. The Morgan fingerprint density at radius 3 is 2.50 bits per heavy atom. The first kappa shape index (κ1) is 17.3. The lowest BCUT2D eigenvalue weighted by atomic mass is 10.3. The number of aryl methyl sites for hydroxylation is 2. The summed E-state index contributed by atoms with van der Waals surface area (Å²) in [5.74, 6) is 2.07. The Morgan fingerprint density at radius 2 is 1.89 bits per heavy atom. The number of aromatic nitrogens is 7. The summed E-state index contributed by atoms with van der Waals surface area (Å²) in [7, 11) is 1.70. The van der Waals surface area contributed by atoms with Crippen molar-refractivity contribution in [3.63, 3.8) is 0 Å². The van der Waals surface area contributed by atoms with E-state index in [9.17, 15) is 4.79 Å². The molecule has 0 saturated carbocycles. The summed E-state index contributed by atoms with van der Waals surface area (Å²) < 4.78 is 8.98. The van der Waals surface area contributed by atoms with Gasteiger partial charge >= 0.3 is 0 Å². The van der Waals surface area contributed by atoms with Gasteiger partial charge in [-0.1, -0.05) is 5.21 Å². The van der Waals surface area contributed by atoms with Crippen LogP contribution in [0.5, 0.6) is 11.6 Å². The maximum absolute atomic E-state index is 12.1. The number of anilines is 1. The fraction of sp³-hybridized carbons (Fsp3) is 0.111. The second kappa shape index (κ2) is 7.27. The van der Waals surface area contributed by atoms with Gasteiger partial charge in [-0.05, 0) is 37.3 Å². The number of carbonyl (C=O) groups is 1. The summed E-state index contributed by atoms with van der Waals surface area (Å²) in [5, 5.41) is 18.5. The fourth-order valence-corrected chi connectivity index (χ4v) is 2.49. The number of rotatable bonds is 5. The molecule has 0 aliphatic carbocycles. The molecule has 1 aromatic carbocycles. The number of nitrogens with zero attached hydrogens (tertiary/aromatic N) is 7. The first-order valence-corrected chi connectivity index (χ1v) is 8.38. The van der Waals surface area contributed by atoms with E-state index in [4.69, 9.17) is 4.74 Å². The van der Waals surface area contributed by atoms with Crippen LogP contribution in [0.3, 0.4) is 0 Å². The molecule has 10 nitrogen and oxygen atoms in total. The largest absolute Gasteiger partial charge is 0.438 e. The minimum Gasteiger partial charge on any atom is -0.438 e. The fourth-order valence-electron chi connectivity index (χ4n) is 2.49. The average Bonchev–Trinajstić information content (AvgIpc) is 3.32. The lowest BCUT2D eigenvalue weighted by Crippen LogP contribution is -2.12. The predicted octanol–water partition coefficient (Wildman–Crippen LogP) is 2.14. The molecule has 0 fully saturated rings. The van der Waals surface area contributed by atoms with Gasteiger partial charge in [0.25, 0.3) is 5.91 Å². The van der Waals surface area contributed by atoms with E-state index in [-0.39, 0.29) is 11.6 Å². The highest BCUT2D eigenvalue weighted by atomic mass is 16.5. The summed E-state index contributed by atoms with van der Waals surface area (Å²) in [6, 6.07) is 10.4. The topological polar surface area (TPSA) is 113 Å². The minimum atomic E-state index is -0.335. The van der Waals surface area contributed by atoms with Crippen molar-refractivity contribution in [3.05, 3.63) is 66.5 Å². The van der Waals surface area contributed by atoms with Gasteiger partial charge in [-0.3, -0.25) is 14.0 Å². The quantitative estimate of drug-likeness (QED) is 0.568. The van der Waals surface area contributed by atoms with Crippen LogP contribution in [0.25, 0.3) is 5.82 Å². The first-order chi connectivity index (χ1) is 13.6. The second-order valence-electron chi connectivity index (χ2n) is 5.93. The molecule has 0 bridgehead atoms. The maximum atomic E-state index is 12.1. The number of hydrogen-bond donors (Lipinski definition) is 1. The molecule has 28 heavy (non-hydrogen) atoms. The number of imidazole rings is 1. The molecule has 0 aliphatic rings. The number of hydrogen-bond acceptors (Lipinski definition) is 7. The first-order valence-electron chi connectivity index (χ1n) is 8.38. The minimum absolute atomic E-state index is 0.242. The molecule has 1 N–H and O–H groups in total. The van der Waals surface area contributed by atoms with Gasteiger partial charge in [0.05, 0.1) is 6.20 Å². The highest BCUT2D eigenvalue weighted by Crippen LogP contribution is 2.22. The van der Waals surface area contributed by atoms with Crippen molar-refractivity contribution in [3.8, 4) is 17.4 Å². The Balaban J connectivity index is 1.40. The molecule has 1 amide bonds. The average molecular weight is 376 g/mol. The van der Waals surface area contributed by atoms with E-state index in [0.29, 0.717) is 23.1 Å². The van der Waals surface area contributed by atoms with Gasteiger partial charge in [-0.25, -0.2) is 4.98 Å².